The van der Waals surface area contributed by atoms with Gasteiger partial charge in [-0.1, -0.05) is 36.8 Å². The highest BCUT2D eigenvalue weighted by Gasteiger charge is 2.26. The highest BCUT2D eigenvalue weighted by atomic mass is 16.2. The summed E-state index contributed by atoms with van der Waals surface area (Å²) in [5, 5.41) is 3.05. The van der Waals surface area contributed by atoms with E-state index in [9.17, 15) is 9.59 Å². The maximum absolute atomic E-state index is 12.5. The Bertz CT molecular complexity index is 860. The van der Waals surface area contributed by atoms with E-state index < -0.39 is 0 Å². The van der Waals surface area contributed by atoms with Crippen LogP contribution in [0.15, 0.2) is 48.5 Å². The smallest absolute Gasteiger partial charge is 0.227 e. The molecule has 1 saturated carbocycles. The molecule has 0 heterocycles. The quantitative estimate of drug-likeness (QED) is 0.748. The van der Waals surface area contributed by atoms with Crippen LogP contribution in [0.25, 0.3) is 0 Å². The average molecular weight is 394 g/mol. The first-order chi connectivity index (χ1) is 13.9. The van der Waals surface area contributed by atoms with Crippen LogP contribution in [0, 0.1) is 5.92 Å². The number of carbonyl (C=O) groups excluding carboxylic acids is 2. The van der Waals surface area contributed by atoms with E-state index in [1.807, 2.05) is 79.3 Å². The molecule has 0 radical (unpaired) electrons. The van der Waals surface area contributed by atoms with E-state index >= 15 is 0 Å². The van der Waals surface area contributed by atoms with Crippen LogP contribution in [0.4, 0.5) is 11.4 Å². The average Bonchev–Trinajstić information content (AvgIpc) is 2.64. The van der Waals surface area contributed by atoms with E-state index in [1.165, 1.54) is 0 Å². The maximum Gasteiger partial charge on any atom is 0.227 e. The lowest BCUT2D eigenvalue weighted by molar-refractivity contribution is -0.131. The fourth-order valence-corrected chi connectivity index (χ4v) is 3.76. The van der Waals surface area contributed by atoms with Gasteiger partial charge in [-0.05, 0) is 49.1 Å². The second-order valence-corrected chi connectivity index (χ2v) is 8.09. The Hall–Kier alpha value is -2.82. The number of anilines is 2. The zero-order chi connectivity index (χ0) is 21.0. The van der Waals surface area contributed by atoms with Crippen LogP contribution in [0.3, 0.4) is 0 Å². The molecule has 0 unspecified atom stereocenters. The number of hydrogen-bond acceptors (Lipinski definition) is 3. The molecule has 2 amide bonds. The van der Waals surface area contributed by atoms with E-state index in [0.29, 0.717) is 6.54 Å². The molecule has 0 aromatic heterocycles. The Kier molecular flexibility index (Phi) is 6.57. The molecule has 1 aliphatic carbocycles. The Morgan fingerprint density at radius 1 is 1.10 bits per heavy atom. The molecule has 2 aromatic rings. The first-order valence-electron chi connectivity index (χ1n) is 10.3. The zero-order valence-corrected chi connectivity index (χ0v) is 17.8. The summed E-state index contributed by atoms with van der Waals surface area (Å²) in [6.07, 6.45) is 3.08. The molecule has 0 aliphatic heterocycles. The Morgan fingerprint density at radius 3 is 2.34 bits per heavy atom. The first kappa shape index (κ1) is 20.9. The third kappa shape index (κ3) is 4.97. The van der Waals surface area contributed by atoms with Crippen molar-refractivity contribution in [1.29, 1.82) is 0 Å². The van der Waals surface area contributed by atoms with Gasteiger partial charge < -0.3 is 15.1 Å². The van der Waals surface area contributed by atoms with Crippen molar-refractivity contribution in [2.75, 3.05) is 24.3 Å². The molecule has 2 aromatic carbocycles. The summed E-state index contributed by atoms with van der Waals surface area (Å²) in [6, 6.07) is 16.0. The third-order valence-electron chi connectivity index (χ3n) is 5.80. The number of hydrogen-bond donors (Lipinski definition) is 1. The van der Waals surface area contributed by atoms with E-state index in [1.54, 1.807) is 6.92 Å². The third-order valence-corrected chi connectivity index (χ3v) is 5.80. The summed E-state index contributed by atoms with van der Waals surface area (Å²) >= 11 is 0. The van der Waals surface area contributed by atoms with Gasteiger partial charge in [0.15, 0.2) is 0 Å². The predicted octanol–water partition coefficient (Wildman–Crippen LogP) is 4.60. The molecular formula is C24H31N3O2. The van der Waals surface area contributed by atoms with Crippen molar-refractivity contribution in [3.63, 3.8) is 0 Å². The van der Waals surface area contributed by atoms with Crippen LogP contribution in [0.5, 0.6) is 0 Å². The summed E-state index contributed by atoms with van der Waals surface area (Å²) < 4.78 is 0. The minimum Gasteiger partial charge on any atom is -0.377 e. The van der Waals surface area contributed by atoms with Crippen molar-refractivity contribution < 1.29 is 9.59 Å². The van der Waals surface area contributed by atoms with Gasteiger partial charge >= 0.3 is 0 Å². The lowest BCUT2D eigenvalue weighted by atomic mass is 9.85. The minimum absolute atomic E-state index is 0.0231. The molecule has 29 heavy (non-hydrogen) atoms. The van der Waals surface area contributed by atoms with Crippen molar-refractivity contribution in [3.05, 3.63) is 59.7 Å². The summed E-state index contributed by atoms with van der Waals surface area (Å²) in [4.78, 5) is 28.8. The van der Waals surface area contributed by atoms with E-state index in [2.05, 4.69) is 5.32 Å². The normalized spacial score (nSPS) is 14.6. The molecule has 5 nitrogen and oxygen atoms in total. The van der Waals surface area contributed by atoms with Crippen LogP contribution >= 0.6 is 0 Å². The SMILES string of the molecule is CC(=O)N(Cc1cc(NC(=O)C2CCC2)ccc1N(C)C)[C@@H](C)c1ccccc1. The van der Waals surface area contributed by atoms with Gasteiger partial charge in [-0.3, -0.25) is 9.59 Å². The predicted molar refractivity (Wildman–Crippen MR) is 118 cm³/mol. The maximum atomic E-state index is 12.5. The fraction of sp³-hybridized carbons (Fsp3) is 0.417. The molecule has 1 N–H and O–H groups in total. The zero-order valence-electron chi connectivity index (χ0n) is 17.8. The molecule has 0 spiro atoms. The molecule has 0 bridgehead atoms. The van der Waals surface area contributed by atoms with Gasteiger partial charge in [-0.15, -0.1) is 0 Å². The molecule has 1 fully saturated rings. The number of nitrogens with one attached hydrogen (secondary N) is 1. The van der Waals surface area contributed by atoms with Gasteiger partial charge in [0.25, 0.3) is 0 Å². The monoisotopic (exact) mass is 393 g/mol. The number of nitrogens with zero attached hydrogens (tertiary/aromatic N) is 2. The van der Waals surface area contributed by atoms with Crippen LogP contribution in [-0.2, 0) is 16.1 Å². The molecular weight excluding hydrogens is 362 g/mol. The summed E-state index contributed by atoms with van der Waals surface area (Å²) in [7, 11) is 3.98. The van der Waals surface area contributed by atoms with E-state index in [-0.39, 0.29) is 23.8 Å². The Balaban J connectivity index is 1.86. The van der Waals surface area contributed by atoms with Crippen LogP contribution in [0.2, 0.25) is 0 Å². The topological polar surface area (TPSA) is 52.7 Å². The summed E-state index contributed by atoms with van der Waals surface area (Å²) in [5.74, 6) is 0.259. The summed E-state index contributed by atoms with van der Waals surface area (Å²) in [5.41, 5.74) is 3.94. The van der Waals surface area contributed by atoms with Gasteiger partial charge in [-0.25, -0.2) is 0 Å². The standard InChI is InChI=1S/C24H31N3O2/c1-17(19-9-6-5-7-10-19)27(18(2)28)16-21-15-22(13-14-23(21)26(3)4)25-24(29)20-11-8-12-20/h5-7,9-10,13-15,17,20H,8,11-12,16H2,1-4H3,(H,25,29)/t17-/m0/s1. The van der Waals surface area contributed by atoms with Gasteiger partial charge in [-0.2, -0.15) is 0 Å². The number of amides is 2. The Labute approximate surface area is 173 Å². The molecule has 5 heteroatoms. The summed E-state index contributed by atoms with van der Waals surface area (Å²) in [6.45, 7) is 4.14. The largest absolute Gasteiger partial charge is 0.377 e. The number of carbonyl (C=O) groups is 2. The lowest BCUT2D eigenvalue weighted by Crippen LogP contribution is -2.32. The number of benzene rings is 2. The van der Waals surface area contributed by atoms with Crippen molar-refractivity contribution in [3.8, 4) is 0 Å². The first-order valence-corrected chi connectivity index (χ1v) is 10.3. The molecule has 154 valence electrons. The molecule has 3 rings (SSSR count). The van der Waals surface area contributed by atoms with Crippen molar-refractivity contribution in [2.45, 2.75) is 45.7 Å². The number of rotatable bonds is 7. The van der Waals surface area contributed by atoms with Crippen LogP contribution in [-0.4, -0.2) is 30.8 Å². The van der Waals surface area contributed by atoms with Crippen molar-refractivity contribution >= 4 is 23.2 Å². The van der Waals surface area contributed by atoms with Crippen molar-refractivity contribution in [2.24, 2.45) is 5.92 Å². The Morgan fingerprint density at radius 2 is 1.79 bits per heavy atom. The molecule has 0 saturated heterocycles. The second-order valence-electron chi connectivity index (χ2n) is 8.09. The van der Waals surface area contributed by atoms with Gasteiger partial charge in [0.1, 0.15) is 0 Å². The second kappa shape index (κ2) is 9.12. The highest BCUT2D eigenvalue weighted by molar-refractivity contribution is 5.93. The van der Waals surface area contributed by atoms with Gasteiger partial charge in [0, 0.05) is 44.9 Å². The van der Waals surface area contributed by atoms with Crippen LogP contribution < -0.4 is 10.2 Å². The lowest BCUT2D eigenvalue weighted by Gasteiger charge is -2.31. The molecule has 1 aliphatic rings. The highest BCUT2D eigenvalue weighted by Crippen LogP contribution is 2.31. The molecule has 1 atom stereocenters. The van der Waals surface area contributed by atoms with E-state index in [4.69, 9.17) is 0 Å². The minimum atomic E-state index is -0.0445. The van der Waals surface area contributed by atoms with E-state index in [0.717, 1.165) is 41.8 Å². The fourth-order valence-electron chi connectivity index (χ4n) is 3.76. The van der Waals surface area contributed by atoms with Gasteiger partial charge in [0.05, 0.1) is 6.04 Å². The van der Waals surface area contributed by atoms with Crippen molar-refractivity contribution in [1.82, 2.24) is 4.90 Å². The van der Waals surface area contributed by atoms with Crippen LogP contribution in [0.1, 0.15) is 50.3 Å². The van der Waals surface area contributed by atoms with Gasteiger partial charge in [0.2, 0.25) is 11.8 Å².